The smallest absolute Gasteiger partial charge is 0.343 e. The van der Waals surface area contributed by atoms with E-state index in [1.165, 1.54) is 22.3 Å². The summed E-state index contributed by atoms with van der Waals surface area (Å²) < 4.78 is 20.3. The van der Waals surface area contributed by atoms with Crippen LogP contribution in [-0.2, 0) is 4.74 Å². The highest BCUT2D eigenvalue weighted by atomic mass is 19.1. The molecule has 0 atom stereocenters. The molecule has 3 aromatic rings. The molecule has 6 nitrogen and oxygen atoms in total. The second-order valence-electron chi connectivity index (χ2n) is 7.86. The highest BCUT2D eigenvalue weighted by molar-refractivity contribution is 5.95. The molecule has 0 aliphatic heterocycles. The number of fused-ring (bicyclic) bond motifs is 1. The maximum atomic E-state index is 14.0. The Morgan fingerprint density at radius 3 is 2.66 bits per heavy atom. The fraction of sp³-hybridized carbons (Fsp3) is 0.409. The summed E-state index contributed by atoms with van der Waals surface area (Å²) in [6.07, 6.45) is 4.27. The quantitative estimate of drug-likeness (QED) is 0.668. The number of hydrogen-bond donors (Lipinski definition) is 1. The van der Waals surface area contributed by atoms with Crippen molar-refractivity contribution in [3.63, 3.8) is 0 Å². The van der Waals surface area contributed by atoms with Crippen LogP contribution in [0.2, 0.25) is 0 Å². The van der Waals surface area contributed by atoms with E-state index >= 15 is 0 Å². The number of hydrogen-bond acceptors (Lipinski definition) is 4. The van der Waals surface area contributed by atoms with E-state index in [-0.39, 0.29) is 23.4 Å². The van der Waals surface area contributed by atoms with Crippen molar-refractivity contribution in [1.29, 1.82) is 0 Å². The monoisotopic (exact) mass is 397 g/mol. The maximum Gasteiger partial charge on any atom is 0.343 e. The van der Waals surface area contributed by atoms with Crippen molar-refractivity contribution >= 4 is 11.6 Å². The number of carbonyl (C=O) groups excluding carboxylic acids is 1. The highest BCUT2D eigenvalue weighted by Crippen LogP contribution is 2.40. The number of rotatable bonds is 4. The summed E-state index contributed by atoms with van der Waals surface area (Å²) in [5.41, 5.74) is 1.56. The molecule has 29 heavy (non-hydrogen) atoms. The minimum absolute atomic E-state index is 0.221. The number of esters is 1. The number of halogens is 1. The van der Waals surface area contributed by atoms with Gasteiger partial charge in [-0.3, -0.25) is 9.89 Å². The van der Waals surface area contributed by atoms with E-state index in [1.807, 2.05) is 24.3 Å². The van der Waals surface area contributed by atoms with E-state index in [9.17, 15) is 14.0 Å². The second-order valence-corrected chi connectivity index (χ2v) is 7.86. The maximum absolute atomic E-state index is 14.0. The number of H-pyrrole nitrogens is 1. The highest BCUT2D eigenvalue weighted by Gasteiger charge is 2.31. The first-order valence-electron chi connectivity index (χ1n) is 9.95. The van der Waals surface area contributed by atoms with E-state index in [0.29, 0.717) is 24.5 Å². The van der Waals surface area contributed by atoms with Crippen molar-refractivity contribution in [3.8, 4) is 11.3 Å². The summed E-state index contributed by atoms with van der Waals surface area (Å²) >= 11 is 0. The molecule has 1 aliphatic rings. The van der Waals surface area contributed by atoms with E-state index in [2.05, 4.69) is 10.1 Å². The van der Waals surface area contributed by atoms with Gasteiger partial charge in [-0.05, 0) is 51.0 Å². The molecule has 4 rings (SSSR count). The lowest BCUT2D eigenvalue weighted by molar-refractivity contribution is 0.0528. The number of nitrogens with one attached hydrogen (secondary N) is 1. The van der Waals surface area contributed by atoms with Gasteiger partial charge in [0, 0.05) is 17.8 Å². The van der Waals surface area contributed by atoms with Crippen LogP contribution >= 0.6 is 0 Å². The lowest BCUT2D eigenvalue weighted by Crippen LogP contribution is -2.25. The van der Waals surface area contributed by atoms with Gasteiger partial charge in [0.15, 0.2) is 5.65 Å². The fourth-order valence-electron chi connectivity index (χ4n) is 3.97. The third-order valence-corrected chi connectivity index (χ3v) is 5.70. The third-order valence-electron chi connectivity index (χ3n) is 5.70. The van der Waals surface area contributed by atoms with Crippen molar-refractivity contribution < 1.29 is 13.9 Å². The van der Waals surface area contributed by atoms with Crippen molar-refractivity contribution in [1.82, 2.24) is 14.6 Å². The topological polar surface area (TPSA) is 76.5 Å². The Balaban J connectivity index is 1.64. The zero-order chi connectivity index (χ0) is 20.6. The van der Waals surface area contributed by atoms with Crippen molar-refractivity contribution in [2.75, 3.05) is 6.61 Å². The van der Waals surface area contributed by atoms with Crippen molar-refractivity contribution in [2.45, 2.75) is 51.1 Å². The summed E-state index contributed by atoms with van der Waals surface area (Å²) in [4.78, 5) is 29.1. The molecule has 0 radical (unpaired) electrons. The van der Waals surface area contributed by atoms with E-state index in [4.69, 9.17) is 4.74 Å². The molecule has 7 heteroatoms. The first kappa shape index (κ1) is 19.4. The average Bonchev–Trinajstić information content (AvgIpc) is 3.13. The normalized spacial score (nSPS) is 22.0. The number of nitrogens with zero attached hydrogens (tertiary/aromatic N) is 2. The Bertz CT molecular complexity index is 1090. The first-order chi connectivity index (χ1) is 13.9. The number of ether oxygens (including phenoxy) is 1. The molecule has 0 unspecified atom stereocenters. The molecule has 0 bridgehead atoms. The van der Waals surface area contributed by atoms with Gasteiger partial charge in [0.2, 0.25) is 0 Å². The van der Waals surface area contributed by atoms with E-state index < -0.39 is 11.6 Å². The summed E-state index contributed by atoms with van der Waals surface area (Å²) in [6.45, 7) is 3.64. The molecule has 152 valence electrons. The molecule has 0 saturated heterocycles. The van der Waals surface area contributed by atoms with Gasteiger partial charge in [0.1, 0.15) is 11.2 Å². The molecule has 1 N–H and O–H groups in total. The molecule has 0 spiro atoms. The predicted octanol–water partition coefficient (Wildman–Crippen LogP) is 4.25. The number of aromatic amines is 1. The van der Waals surface area contributed by atoms with Crippen LogP contribution in [0, 0.1) is 0 Å². The summed E-state index contributed by atoms with van der Waals surface area (Å²) in [7, 11) is 0. The van der Waals surface area contributed by atoms with E-state index in [0.717, 1.165) is 18.4 Å². The van der Waals surface area contributed by atoms with Crippen LogP contribution in [0.5, 0.6) is 0 Å². The second kappa shape index (κ2) is 7.46. The third kappa shape index (κ3) is 3.81. The minimum atomic E-state index is -1.05. The Labute approximate surface area is 167 Å². The van der Waals surface area contributed by atoms with Crippen LogP contribution in [0.15, 0.2) is 41.3 Å². The molecule has 2 aromatic heterocycles. The summed E-state index contributed by atoms with van der Waals surface area (Å²) in [6, 6.07) is 9.32. The Morgan fingerprint density at radius 2 is 2.00 bits per heavy atom. The number of aromatic nitrogens is 3. The van der Waals surface area contributed by atoms with Crippen LogP contribution in [0.3, 0.4) is 0 Å². The molecule has 1 aliphatic carbocycles. The van der Waals surface area contributed by atoms with Crippen molar-refractivity contribution in [3.05, 3.63) is 58.0 Å². The Morgan fingerprint density at radius 1 is 1.31 bits per heavy atom. The predicted molar refractivity (Wildman–Crippen MR) is 108 cm³/mol. The van der Waals surface area contributed by atoms with E-state index in [1.54, 1.807) is 13.8 Å². The summed E-state index contributed by atoms with van der Waals surface area (Å²) in [5, 5.41) is 2.74. The SMILES string of the molecule is CCOC(=O)c1c[nH]n2c(=O)cc(-c3ccc(C4CCC(C)(F)CC4)cc3)nc12. The van der Waals surface area contributed by atoms with Gasteiger partial charge >= 0.3 is 5.97 Å². The van der Waals surface area contributed by atoms with Crippen LogP contribution in [-0.4, -0.2) is 32.8 Å². The number of carbonyl (C=O) groups is 1. The molecule has 1 aromatic carbocycles. The number of benzene rings is 1. The molecular formula is C22H24FN3O3. The van der Waals surface area contributed by atoms with Crippen LogP contribution in [0.4, 0.5) is 4.39 Å². The average molecular weight is 397 g/mol. The lowest BCUT2D eigenvalue weighted by atomic mass is 9.78. The Hall–Kier alpha value is -2.96. The van der Waals surface area contributed by atoms with Gasteiger partial charge in [-0.25, -0.2) is 18.7 Å². The van der Waals surface area contributed by atoms with Gasteiger partial charge in [-0.2, -0.15) is 0 Å². The van der Waals surface area contributed by atoms with Gasteiger partial charge in [0.05, 0.1) is 12.3 Å². The van der Waals surface area contributed by atoms with Gasteiger partial charge in [-0.1, -0.05) is 24.3 Å². The lowest BCUT2D eigenvalue weighted by Gasteiger charge is -2.31. The molecule has 1 saturated carbocycles. The zero-order valence-corrected chi connectivity index (χ0v) is 16.6. The van der Waals surface area contributed by atoms with Crippen LogP contribution < -0.4 is 5.56 Å². The largest absolute Gasteiger partial charge is 0.462 e. The molecule has 0 amide bonds. The zero-order valence-electron chi connectivity index (χ0n) is 16.6. The Kier molecular flexibility index (Phi) is 4.98. The standard InChI is InChI=1S/C22H24FN3O3/c1-3-29-21(28)17-13-24-26-19(27)12-18(25-20(17)26)16-6-4-14(5-7-16)15-8-10-22(2,23)11-9-15/h4-7,12-13,15,24H,3,8-11H2,1-2H3. The van der Waals surface area contributed by atoms with Gasteiger partial charge in [-0.15, -0.1) is 0 Å². The van der Waals surface area contributed by atoms with Crippen LogP contribution in [0.25, 0.3) is 16.9 Å². The van der Waals surface area contributed by atoms with Gasteiger partial charge in [0.25, 0.3) is 5.56 Å². The molecule has 2 heterocycles. The van der Waals surface area contributed by atoms with Crippen LogP contribution in [0.1, 0.15) is 61.4 Å². The van der Waals surface area contributed by atoms with Gasteiger partial charge < -0.3 is 4.74 Å². The first-order valence-corrected chi connectivity index (χ1v) is 9.95. The van der Waals surface area contributed by atoms with Crippen molar-refractivity contribution in [2.24, 2.45) is 0 Å². The molecular weight excluding hydrogens is 373 g/mol. The summed E-state index contributed by atoms with van der Waals surface area (Å²) in [5.74, 6) is -0.170. The number of alkyl halides is 1. The fourth-order valence-corrected chi connectivity index (χ4v) is 3.97. The minimum Gasteiger partial charge on any atom is -0.462 e. The molecule has 1 fully saturated rings.